The molecule has 5 nitrogen and oxygen atoms in total. The molecule has 30 heavy (non-hydrogen) atoms. The summed E-state index contributed by atoms with van der Waals surface area (Å²) in [4.78, 5) is 7.12. The molecule has 1 aliphatic carbocycles. The summed E-state index contributed by atoms with van der Waals surface area (Å²) in [5.74, 6) is 3.62. The molecule has 1 saturated carbocycles. The lowest BCUT2D eigenvalue weighted by molar-refractivity contribution is 0.0503. The molecule has 7 heteroatoms. The number of aliphatic imine (C=N–C) groups is 1. The van der Waals surface area contributed by atoms with E-state index in [4.69, 9.17) is 21.1 Å². The van der Waals surface area contributed by atoms with Crippen molar-refractivity contribution in [3.63, 3.8) is 0 Å². The van der Waals surface area contributed by atoms with Gasteiger partial charge in [-0.3, -0.25) is 4.99 Å². The van der Waals surface area contributed by atoms with Gasteiger partial charge in [0.05, 0.1) is 7.11 Å². The van der Waals surface area contributed by atoms with Gasteiger partial charge in [-0.2, -0.15) is 0 Å². The number of methoxy groups -OCH3 is 1. The number of benzene rings is 1. The standard InChI is InChI=1S/C23H34ClN3O2.HI/c1-25-22(27-14-17-5-3-4-6-18(17)15-27)26-16-23(9-11-29-12-10-23)20-13-19(24)7-8-21(20)28-2;/h7-8,13,17-18H,3-6,9-12,14-16H2,1-2H3,(H,25,26);1H. The van der Waals surface area contributed by atoms with Crippen molar-refractivity contribution in [2.45, 2.75) is 43.9 Å². The highest BCUT2D eigenvalue weighted by atomic mass is 127. The van der Waals surface area contributed by atoms with Crippen molar-refractivity contribution in [2.24, 2.45) is 16.8 Å². The van der Waals surface area contributed by atoms with E-state index in [1.807, 2.05) is 19.2 Å². The quantitative estimate of drug-likeness (QED) is 0.337. The maximum absolute atomic E-state index is 6.38. The van der Waals surface area contributed by atoms with Crippen LogP contribution < -0.4 is 10.1 Å². The Morgan fingerprint density at radius 3 is 2.50 bits per heavy atom. The minimum atomic E-state index is -0.0725. The highest BCUT2D eigenvalue weighted by Crippen LogP contribution is 2.41. The first-order valence-corrected chi connectivity index (χ1v) is 11.4. The zero-order chi connectivity index (χ0) is 20.3. The van der Waals surface area contributed by atoms with E-state index in [0.29, 0.717) is 0 Å². The van der Waals surface area contributed by atoms with E-state index in [2.05, 4.69) is 21.3 Å². The van der Waals surface area contributed by atoms with Crippen LogP contribution in [0.25, 0.3) is 0 Å². The highest BCUT2D eigenvalue weighted by Gasteiger charge is 2.39. The van der Waals surface area contributed by atoms with Crippen LogP contribution in [0.4, 0.5) is 0 Å². The van der Waals surface area contributed by atoms with Crippen LogP contribution >= 0.6 is 35.6 Å². The summed E-state index contributed by atoms with van der Waals surface area (Å²) in [6.07, 6.45) is 7.41. The zero-order valence-corrected chi connectivity index (χ0v) is 21.2. The molecule has 2 aliphatic heterocycles. The number of nitrogens with one attached hydrogen (secondary N) is 1. The Morgan fingerprint density at radius 2 is 1.90 bits per heavy atom. The molecule has 1 aromatic carbocycles. The second-order valence-electron chi connectivity index (χ2n) is 8.85. The smallest absolute Gasteiger partial charge is 0.193 e. The van der Waals surface area contributed by atoms with Crippen LogP contribution in [0.15, 0.2) is 23.2 Å². The van der Waals surface area contributed by atoms with Crippen molar-refractivity contribution in [3.8, 4) is 5.75 Å². The van der Waals surface area contributed by atoms with Gasteiger partial charge in [0.1, 0.15) is 5.75 Å². The minimum Gasteiger partial charge on any atom is -0.496 e. The predicted octanol–water partition coefficient (Wildman–Crippen LogP) is 4.71. The summed E-state index contributed by atoms with van der Waals surface area (Å²) in [7, 11) is 3.64. The van der Waals surface area contributed by atoms with Gasteiger partial charge in [-0.05, 0) is 55.7 Å². The molecule has 2 atom stereocenters. The number of rotatable bonds is 4. The summed E-state index contributed by atoms with van der Waals surface area (Å²) < 4.78 is 11.4. The molecule has 0 spiro atoms. The van der Waals surface area contributed by atoms with Crippen molar-refractivity contribution < 1.29 is 9.47 Å². The van der Waals surface area contributed by atoms with Gasteiger partial charge in [0, 0.05) is 55.9 Å². The summed E-state index contributed by atoms with van der Waals surface area (Å²) in [5.41, 5.74) is 1.10. The molecule has 2 unspecified atom stereocenters. The van der Waals surface area contributed by atoms with E-state index in [1.54, 1.807) is 7.11 Å². The lowest BCUT2D eigenvalue weighted by atomic mass is 9.73. The van der Waals surface area contributed by atoms with E-state index >= 15 is 0 Å². The molecule has 2 saturated heterocycles. The van der Waals surface area contributed by atoms with Crippen LogP contribution in [0.1, 0.15) is 44.1 Å². The first kappa shape index (κ1) is 23.9. The molecule has 0 bridgehead atoms. The third-order valence-corrected chi connectivity index (χ3v) is 7.49. The van der Waals surface area contributed by atoms with Crippen molar-refractivity contribution in [3.05, 3.63) is 28.8 Å². The maximum Gasteiger partial charge on any atom is 0.193 e. The van der Waals surface area contributed by atoms with Gasteiger partial charge in [0.15, 0.2) is 5.96 Å². The molecule has 0 amide bonds. The minimum absolute atomic E-state index is 0. The van der Waals surface area contributed by atoms with Gasteiger partial charge in [-0.1, -0.05) is 24.4 Å². The normalized spacial score (nSPS) is 26.0. The van der Waals surface area contributed by atoms with Crippen molar-refractivity contribution in [1.82, 2.24) is 10.2 Å². The topological polar surface area (TPSA) is 46.1 Å². The molecule has 3 fully saturated rings. The first-order valence-electron chi connectivity index (χ1n) is 11.0. The SMILES string of the molecule is CN=C(NCC1(c2cc(Cl)ccc2OC)CCOCC1)N1CC2CCCCC2C1.I. The van der Waals surface area contributed by atoms with Crippen LogP contribution in [0, 0.1) is 11.8 Å². The Balaban J connectivity index is 0.00000256. The summed E-state index contributed by atoms with van der Waals surface area (Å²) >= 11 is 6.38. The molecule has 168 valence electrons. The Kier molecular flexibility index (Phi) is 8.55. The fraction of sp³-hybridized carbons (Fsp3) is 0.696. The fourth-order valence-corrected chi connectivity index (χ4v) is 5.73. The third kappa shape index (κ3) is 5.01. The number of halogens is 2. The number of fused-ring (bicyclic) bond motifs is 1. The predicted molar refractivity (Wildman–Crippen MR) is 134 cm³/mol. The Bertz CT molecular complexity index is 725. The zero-order valence-electron chi connectivity index (χ0n) is 18.2. The molecule has 2 heterocycles. The van der Waals surface area contributed by atoms with Crippen molar-refractivity contribution in [1.29, 1.82) is 0 Å². The van der Waals surface area contributed by atoms with Gasteiger partial charge in [0.25, 0.3) is 0 Å². The number of hydrogen-bond donors (Lipinski definition) is 1. The number of nitrogens with zero attached hydrogens (tertiary/aromatic N) is 2. The second-order valence-corrected chi connectivity index (χ2v) is 9.28. The first-order chi connectivity index (χ1) is 14.1. The van der Waals surface area contributed by atoms with Crippen LogP contribution in [0.5, 0.6) is 5.75 Å². The highest BCUT2D eigenvalue weighted by molar-refractivity contribution is 14.0. The molecular formula is C23H35ClIN3O2. The third-order valence-electron chi connectivity index (χ3n) is 7.26. The van der Waals surface area contributed by atoms with Gasteiger partial charge in [-0.15, -0.1) is 24.0 Å². The Labute approximate surface area is 202 Å². The van der Waals surface area contributed by atoms with Gasteiger partial charge < -0.3 is 19.7 Å². The van der Waals surface area contributed by atoms with Gasteiger partial charge in [0.2, 0.25) is 0 Å². The maximum atomic E-state index is 6.38. The van der Waals surface area contributed by atoms with Gasteiger partial charge >= 0.3 is 0 Å². The van der Waals surface area contributed by atoms with Crippen LogP contribution in [-0.4, -0.2) is 57.9 Å². The summed E-state index contributed by atoms with van der Waals surface area (Å²) in [6.45, 7) is 4.60. The Morgan fingerprint density at radius 1 is 1.23 bits per heavy atom. The van der Waals surface area contributed by atoms with E-state index < -0.39 is 0 Å². The fourth-order valence-electron chi connectivity index (χ4n) is 5.56. The van der Waals surface area contributed by atoms with E-state index in [1.165, 1.54) is 31.2 Å². The monoisotopic (exact) mass is 547 g/mol. The van der Waals surface area contributed by atoms with Crippen LogP contribution in [0.3, 0.4) is 0 Å². The van der Waals surface area contributed by atoms with Crippen molar-refractivity contribution in [2.75, 3.05) is 47.0 Å². The molecule has 1 N–H and O–H groups in total. The average Bonchev–Trinajstić information content (AvgIpc) is 3.19. The van der Waals surface area contributed by atoms with E-state index in [-0.39, 0.29) is 29.4 Å². The summed E-state index contributed by atoms with van der Waals surface area (Å²) in [6, 6.07) is 5.95. The summed E-state index contributed by atoms with van der Waals surface area (Å²) in [5, 5.41) is 4.47. The van der Waals surface area contributed by atoms with Gasteiger partial charge in [-0.25, -0.2) is 0 Å². The lowest BCUT2D eigenvalue weighted by Crippen LogP contribution is -2.49. The number of likely N-dealkylation sites (tertiary alicyclic amines) is 1. The van der Waals surface area contributed by atoms with Crippen LogP contribution in [0.2, 0.25) is 5.02 Å². The van der Waals surface area contributed by atoms with E-state index in [9.17, 15) is 0 Å². The van der Waals surface area contributed by atoms with Crippen LogP contribution in [-0.2, 0) is 10.2 Å². The molecule has 1 aromatic rings. The largest absolute Gasteiger partial charge is 0.496 e. The number of ether oxygens (including phenoxy) is 2. The second kappa shape index (κ2) is 10.7. The lowest BCUT2D eigenvalue weighted by Gasteiger charge is -2.39. The molecule has 4 rings (SSSR count). The molecular weight excluding hydrogens is 513 g/mol. The Hall–Kier alpha value is -0.730. The molecule has 0 radical (unpaired) electrons. The number of hydrogen-bond acceptors (Lipinski definition) is 3. The van der Waals surface area contributed by atoms with E-state index in [0.717, 1.165) is 74.3 Å². The number of guanidine groups is 1. The van der Waals surface area contributed by atoms with Crippen molar-refractivity contribution >= 4 is 41.5 Å². The molecule has 0 aromatic heterocycles. The molecule has 3 aliphatic rings. The average molecular weight is 548 g/mol.